The smallest absolute Gasteiger partial charge is 0.352 e. The number of aromatic hydroxyl groups is 1. The lowest BCUT2D eigenvalue weighted by molar-refractivity contribution is -0.386. The lowest BCUT2D eigenvalue weighted by atomic mass is 10.0. The Balaban J connectivity index is 2.41. The Hall–Kier alpha value is -2.96. The van der Waals surface area contributed by atoms with Crippen LogP contribution in [0.2, 0.25) is 0 Å². The van der Waals surface area contributed by atoms with E-state index in [4.69, 9.17) is 14.2 Å². The summed E-state index contributed by atoms with van der Waals surface area (Å²) in [6.45, 7) is 0. The van der Waals surface area contributed by atoms with Crippen LogP contribution in [0.5, 0.6) is 23.0 Å². The van der Waals surface area contributed by atoms with E-state index < -0.39 is 16.4 Å². The molecule has 0 saturated carbocycles. The number of methoxy groups -OCH3 is 3. The van der Waals surface area contributed by atoms with Crippen molar-refractivity contribution in [3.8, 4) is 23.0 Å². The molecule has 2 aromatic rings. The van der Waals surface area contributed by atoms with E-state index >= 15 is 0 Å². The lowest BCUT2D eigenvalue weighted by Gasteiger charge is -2.11. The number of nitro benzene ring substituents is 1. The molecule has 7 nitrogen and oxygen atoms in total. The van der Waals surface area contributed by atoms with Crippen LogP contribution in [-0.2, 0) is 6.42 Å². The van der Waals surface area contributed by atoms with Gasteiger partial charge in [-0.05, 0) is 23.8 Å². The largest absolute Gasteiger partial charge is 0.502 e. The van der Waals surface area contributed by atoms with Gasteiger partial charge in [0.05, 0.1) is 26.3 Å². The highest BCUT2D eigenvalue weighted by molar-refractivity contribution is 5.61. The molecule has 2 aromatic carbocycles. The monoisotopic (exact) mass is 319 g/mol. The van der Waals surface area contributed by atoms with Gasteiger partial charge >= 0.3 is 5.69 Å². The molecule has 7 heteroatoms. The lowest BCUT2D eigenvalue weighted by Crippen LogP contribution is -1.98. The molecule has 0 fully saturated rings. The summed E-state index contributed by atoms with van der Waals surface area (Å²) < 4.78 is 15.3. The van der Waals surface area contributed by atoms with Gasteiger partial charge in [-0.25, -0.2) is 0 Å². The molecule has 0 unspecified atom stereocenters. The molecule has 122 valence electrons. The second-order valence-corrected chi connectivity index (χ2v) is 4.75. The van der Waals surface area contributed by atoms with Crippen LogP contribution >= 0.6 is 0 Å². The van der Waals surface area contributed by atoms with E-state index in [0.717, 1.165) is 5.56 Å². The molecule has 23 heavy (non-hydrogen) atoms. The molecule has 0 aliphatic carbocycles. The van der Waals surface area contributed by atoms with Gasteiger partial charge in [0.15, 0.2) is 11.5 Å². The van der Waals surface area contributed by atoms with Gasteiger partial charge < -0.3 is 19.3 Å². The van der Waals surface area contributed by atoms with Crippen LogP contribution in [0.4, 0.5) is 5.69 Å². The summed E-state index contributed by atoms with van der Waals surface area (Å²) in [4.78, 5) is 10.5. The maximum absolute atomic E-state index is 11.1. The highest BCUT2D eigenvalue weighted by atomic mass is 16.6. The van der Waals surface area contributed by atoms with Crippen LogP contribution in [0.25, 0.3) is 0 Å². The van der Waals surface area contributed by atoms with E-state index in [0.29, 0.717) is 23.5 Å². The van der Waals surface area contributed by atoms with E-state index in [2.05, 4.69) is 0 Å². The molecule has 0 spiro atoms. The van der Waals surface area contributed by atoms with Crippen molar-refractivity contribution in [1.82, 2.24) is 0 Å². The Labute approximate surface area is 133 Å². The van der Waals surface area contributed by atoms with E-state index in [1.165, 1.54) is 27.4 Å². The number of benzene rings is 2. The third kappa shape index (κ3) is 3.28. The predicted octanol–water partition coefficient (Wildman–Crippen LogP) is 2.92. The van der Waals surface area contributed by atoms with Crippen molar-refractivity contribution in [2.75, 3.05) is 21.3 Å². The fraction of sp³-hybridized carbons (Fsp3) is 0.250. The number of hydrogen-bond acceptors (Lipinski definition) is 6. The SMILES string of the molecule is COc1ccc(Cc2ccc(OC)c([N+](=O)[O-])c2O)cc1OC. The van der Waals surface area contributed by atoms with Gasteiger partial charge in [-0.1, -0.05) is 12.1 Å². The molecule has 0 saturated heterocycles. The highest BCUT2D eigenvalue weighted by Crippen LogP contribution is 2.39. The van der Waals surface area contributed by atoms with Gasteiger partial charge in [0, 0.05) is 12.0 Å². The third-order valence-electron chi connectivity index (χ3n) is 3.44. The number of ether oxygens (including phenoxy) is 3. The van der Waals surface area contributed by atoms with Crippen LogP contribution < -0.4 is 14.2 Å². The van der Waals surface area contributed by atoms with Crippen LogP contribution in [0.1, 0.15) is 11.1 Å². The number of nitro groups is 1. The van der Waals surface area contributed by atoms with Crippen LogP contribution in [0.3, 0.4) is 0 Å². The van der Waals surface area contributed by atoms with Crippen molar-refractivity contribution in [2.24, 2.45) is 0 Å². The fourth-order valence-corrected chi connectivity index (χ4v) is 2.30. The minimum Gasteiger partial charge on any atom is -0.502 e. The number of rotatable bonds is 6. The summed E-state index contributed by atoms with van der Waals surface area (Å²) in [7, 11) is 4.38. The Morgan fingerprint density at radius 2 is 1.61 bits per heavy atom. The summed E-state index contributed by atoms with van der Waals surface area (Å²) in [5, 5.41) is 21.3. The Kier molecular flexibility index (Phi) is 4.90. The van der Waals surface area contributed by atoms with Gasteiger partial charge in [0.1, 0.15) is 0 Å². The number of nitrogens with zero attached hydrogens (tertiary/aromatic N) is 1. The quantitative estimate of drug-likeness (QED) is 0.650. The van der Waals surface area contributed by atoms with Crippen molar-refractivity contribution < 1.29 is 24.2 Å². The zero-order valence-electron chi connectivity index (χ0n) is 13.0. The van der Waals surface area contributed by atoms with Crippen molar-refractivity contribution in [1.29, 1.82) is 0 Å². The molecule has 0 heterocycles. The Bertz CT molecular complexity index is 729. The molecule has 2 rings (SSSR count). The number of phenols is 1. The Morgan fingerprint density at radius 1 is 1.00 bits per heavy atom. The first-order valence-electron chi connectivity index (χ1n) is 6.76. The van der Waals surface area contributed by atoms with Crippen LogP contribution in [0.15, 0.2) is 30.3 Å². The molecule has 1 N–H and O–H groups in total. The summed E-state index contributed by atoms with van der Waals surface area (Å²) in [5.41, 5.74) is 0.799. The number of hydrogen-bond donors (Lipinski definition) is 1. The van der Waals surface area contributed by atoms with Crippen molar-refractivity contribution in [2.45, 2.75) is 6.42 Å². The van der Waals surface area contributed by atoms with Gasteiger partial charge in [0.2, 0.25) is 11.5 Å². The average Bonchev–Trinajstić information content (AvgIpc) is 2.55. The third-order valence-corrected chi connectivity index (χ3v) is 3.44. The van der Waals surface area contributed by atoms with Gasteiger partial charge in [-0.15, -0.1) is 0 Å². The van der Waals surface area contributed by atoms with Crippen LogP contribution in [0, 0.1) is 10.1 Å². The second kappa shape index (κ2) is 6.87. The van der Waals surface area contributed by atoms with E-state index in [1.807, 2.05) is 0 Å². The van der Waals surface area contributed by atoms with E-state index in [-0.39, 0.29) is 5.75 Å². The summed E-state index contributed by atoms with van der Waals surface area (Å²) >= 11 is 0. The van der Waals surface area contributed by atoms with Crippen molar-refractivity contribution in [3.63, 3.8) is 0 Å². The standard InChI is InChI=1S/C16H17NO6/c1-21-12-6-4-10(9-14(12)23-3)8-11-5-7-13(22-2)15(16(11)18)17(19)20/h4-7,9,18H,8H2,1-3H3. The second-order valence-electron chi connectivity index (χ2n) is 4.75. The zero-order valence-corrected chi connectivity index (χ0v) is 13.0. The number of phenolic OH excluding ortho intramolecular Hbond substituents is 1. The molecule has 0 radical (unpaired) electrons. The topological polar surface area (TPSA) is 91.1 Å². The minimum atomic E-state index is -0.660. The average molecular weight is 319 g/mol. The van der Waals surface area contributed by atoms with Crippen molar-refractivity contribution in [3.05, 3.63) is 51.6 Å². The van der Waals surface area contributed by atoms with Gasteiger partial charge in [0.25, 0.3) is 0 Å². The molecule has 0 aliphatic heterocycles. The molecule has 0 bridgehead atoms. The fourth-order valence-electron chi connectivity index (χ4n) is 2.30. The molecule has 0 aliphatic rings. The first kappa shape index (κ1) is 16.4. The van der Waals surface area contributed by atoms with Crippen LogP contribution in [-0.4, -0.2) is 31.4 Å². The normalized spacial score (nSPS) is 10.2. The molecule has 0 atom stereocenters. The summed E-state index contributed by atoms with van der Waals surface area (Å²) in [6.07, 6.45) is 0.303. The minimum absolute atomic E-state index is 0.0172. The molecular formula is C16H17NO6. The maximum atomic E-state index is 11.1. The predicted molar refractivity (Wildman–Crippen MR) is 83.7 cm³/mol. The highest BCUT2D eigenvalue weighted by Gasteiger charge is 2.24. The van der Waals surface area contributed by atoms with E-state index in [9.17, 15) is 15.2 Å². The Morgan fingerprint density at radius 3 is 2.17 bits per heavy atom. The zero-order chi connectivity index (χ0) is 17.0. The van der Waals surface area contributed by atoms with Gasteiger partial charge in [-0.2, -0.15) is 0 Å². The van der Waals surface area contributed by atoms with Crippen molar-refractivity contribution >= 4 is 5.69 Å². The van der Waals surface area contributed by atoms with Gasteiger partial charge in [-0.3, -0.25) is 10.1 Å². The molecule has 0 amide bonds. The van der Waals surface area contributed by atoms with E-state index in [1.54, 1.807) is 24.3 Å². The molecule has 0 aromatic heterocycles. The first-order chi connectivity index (χ1) is 11.0. The molecular weight excluding hydrogens is 302 g/mol. The summed E-state index contributed by atoms with van der Waals surface area (Å²) in [6, 6.07) is 8.36. The maximum Gasteiger partial charge on any atom is 0.352 e. The first-order valence-corrected chi connectivity index (χ1v) is 6.76. The summed E-state index contributed by atoms with van der Waals surface area (Å²) in [5.74, 6) is 0.751.